The number of nitrogens with one attached hydrogen (secondary N) is 2. The molecule has 1 aliphatic heterocycles. The van der Waals surface area contributed by atoms with Gasteiger partial charge in [-0.1, -0.05) is 6.07 Å². The van der Waals surface area contributed by atoms with Gasteiger partial charge in [-0.2, -0.15) is 13.2 Å². The summed E-state index contributed by atoms with van der Waals surface area (Å²) in [5, 5.41) is 0. The van der Waals surface area contributed by atoms with Crippen molar-refractivity contribution >= 4 is 12.2 Å². The molecule has 1 aromatic heterocycles. The topological polar surface area (TPSA) is 51.9 Å². The summed E-state index contributed by atoms with van der Waals surface area (Å²) in [6.07, 6.45) is -4.27. The number of H-pyrrole nitrogens is 2. The summed E-state index contributed by atoms with van der Waals surface area (Å²) in [7, 11) is 0. The van der Waals surface area contributed by atoms with Crippen LogP contribution in [0.15, 0.2) is 23.0 Å². The zero-order valence-electron chi connectivity index (χ0n) is 12.3. The fourth-order valence-corrected chi connectivity index (χ4v) is 3.09. The zero-order valence-corrected chi connectivity index (χ0v) is 13.2. The van der Waals surface area contributed by atoms with E-state index in [1.807, 2.05) is 0 Å². The molecule has 0 fully saturated rings. The number of aromatic amines is 2. The van der Waals surface area contributed by atoms with Crippen LogP contribution in [0.25, 0.3) is 0 Å². The van der Waals surface area contributed by atoms with Gasteiger partial charge in [0.25, 0.3) is 5.56 Å². The van der Waals surface area contributed by atoms with Gasteiger partial charge in [0.05, 0.1) is 5.56 Å². The Morgan fingerprint density at radius 2 is 2.00 bits per heavy atom. The van der Waals surface area contributed by atoms with Gasteiger partial charge in [0.15, 0.2) is 4.77 Å². The second-order valence-electron chi connectivity index (χ2n) is 5.59. The maximum absolute atomic E-state index is 14.0. The van der Waals surface area contributed by atoms with Gasteiger partial charge in [-0.05, 0) is 30.8 Å². The Balaban J connectivity index is 1.91. The number of nitrogens with zero attached hydrogens (tertiary/aromatic N) is 1. The number of fused-ring (bicyclic) bond motifs is 1. The number of aromatic nitrogens is 2. The molecule has 2 N–H and O–H groups in total. The quantitative estimate of drug-likeness (QED) is 0.640. The van der Waals surface area contributed by atoms with Crippen LogP contribution < -0.4 is 5.56 Å². The molecular weight excluding hydrogens is 346 g/mol. The van der Waals surface area contributed by atoms with Gasteiger partial charge in [0, 0.05) is 36.5 Å². The Labute approximate surface area is 139 Å². The summed E-state index contributed by atoms with van der Waals surface area (Å²) < 4.78 is 53.3. The molecule has 3 rings (SSSR count). The number of hydrogen-bond donors (Lipinski definition) is 2. The van der Waals surface area contributed by atoms with Crippen LogP contribution in [-0.2, 0) is 25.7 Å². The number of benzene rings is 1. The number of halogens is 4. The molecule has 9 heteroatoms. The summed E-state index contributed by atoms with van der Waals surface area (Å²) in [4.78, 5) is 18.8. The largest absolute Gasteiger partial charge is 0.416 e. The molecule has 1 aromatic carbocycles. The molecule has 4 nitrogen and oxygen atoms in total. The zero-order chi connectivity index (χ0) is 17.5. The second kappa shape index (κ2) is 6.14. The summed E-state index contributed by atoms with van der Waals surface area (Å²) in [6, 6.07) is 2.93. The minimum atomic E-state index is -4.62. The average Bonchev–Trinajstić information content (AvgIpc) is 2.47. The van der Waals surface area contributed by atoms with Crippen molar-refractivity contribution in [3.63, 3.8) is 0 Å². The van der Waals surface area contributed by atoms with Gasteiger partial charge in [-0.3, -0.25) is 14.7 Å². The van der Waals surface area contributed by atoms with Crippen LogP contribution in [0.5, 0.6) is 0 Å². The van der Waals surface area contributed by atoms with Crippen LogP contribution in [-0.4, -0.2) is 21.4 Å². The summed E-state index contributed by atoms with van der Waals surface area (Å²) >= 11 is 4.91. The maximum Gasteiger partial charge on any atom is 0.416 e. The molecular formula is C15H13F4N3OS. The standard InChI is InChI=1S/C15H13F4N3OS/c16-11-3-1-2-10(15(17,18)19)9(11)6-22-5-4-8-12(7-22)20-14(24)21-13(8)23/h1-3H,4-7H2,(H2,20,21,23,24). The SMILES string of the molecule is O=c1[nH]c(=S)[nH]c2c1CCN(Cc1c(F)cccc1C(F)(F)F)C2. The number of alkyl halides is 3. The van der Waals surface area contributed by atoms with Crippen LogP contribution in [0.4, 0.5) is 17.6 Å². The lowest BCUT2D eigenvalue weighted by atomic mass is 10.0. The molecule has 0 aliphatic carbocycles. The molecule has 2 aromatic rings. The Bertz CT molecular complexity index is 888. The lowest BCUT2D eigenvalue weighted by molar-refractivity contribution is -0.138. The molecule has 0 radical (unpaired) electrons. The first-order valence-electron chi connectivity index (χ1n) is 7.17. The first-order valence-corrected chi connectivity index (χ1v) is 7.58. The molecule has 0 atom stereocenters. The van der Waals surface area contributed by atoms with Crippen LogP contribution in [0.3, 0.4) is 0 Å². The van der Waals surface area contributed by atoms with E-state index in [1.54, 1.807) is 4.90 Å². The normalized spacial score (nSPS) is 15.3. The molecule has 1 aliphatic rings. The number of rotatable bonds is 2. The molecule has 0 amide bonds. The van der Waals surface area contributed by atoms with Crippen molar-refractivity contribution in [2.45, 2.75) is 25.7 Å². The van der Waals surface area contributed by atoms with Gasteiger partial charge in [-0.25, -0.2) is 4.39 Å². The van der Waals surface area contributed by atoms with Gasteiger partial charge < -0.3 is 4.98 Å². The Hall–Kier alpha value is -2.00. The lowest BCUT2D eigenvalue weighted by Gasteiger charge is -2.28. The highest BCUT2D eigenvalue weighted by Crippen LogP contribution is 2.34. The van der Waals surface area contributed by atoms with Crippen molar-refractivity contribution in [2.24, 2.45) is 0 Å². The third-order valence-corrected chi connectivity index (χ3v) is 4.20. The fourth-order valence-electron chi connectivity index (χ4n) is 2.87. The van der Waals surface area contributed by atoms with E-state index in [1.165, 1.54) is 0 Å². The lowest BCUT2D eigenvalue weighted by Crippen LogP contribution is -2.35. The Morgan fingerprint density at radius 1 is 1.25 bits per heavy atom. The van der Waals surface area contributed by atoms with Crippen molar-refractivity contribution in [3.8, 4) is 0 Å². The van der Waals surface area contributed by atoms with Crippen LogP contribution in [0, 0.1) is 10.6 Å². The van der Waals surface area contributed by atoms with E-state index in [4.69, 9.17) is 12.2 Å². The summed E-state index contributed by atoms with van der Waals surface area (Å²) in [6.45, 7) is 0.356. The smallest absolute Gasteiger partial charge is 0.334 e. The Kier molecular flexibility index (Phi) is 4.31. The van der Waals surface area contributed by atoms with E-state index in [9.17, 15) is 22.4 Å². The molecule has 0 spiro atoms. The van der Waals surface area contributed by atoms with Gasteiger partial charge in [0.1, 0.15) is 5.82 Å². The molecule has 2 heterocycles. The molecule has 128 valence electrons. The van der Waals surface area contributed by atoms with E-state index in [2.05, 4.69) is 9.97 Å². The third kappa shape index (κ3) is 3.27. The fraction of sp³-hybridized carbons (Fsp3) is 0.333. The minimum Gasteiger partial charge on any atom is -0.334 e. The number of hydrogen-bond acceptors (Lipinski definition) is 3. The predicted molar refractivity (Wildman–Crippen MR) is 81.5 cm³/mol. The van der Waals surface area contributed by atoms with Crippen molar-refractivity contribution < 1.29 is 17.6 Å². The first-order chi connectivity index (χ1) is 11.3. The summed E-state index contributed by atoms with van der Waals surface area (Å²) in [5.41, 5.74) is -0.580. The molecule has 24 heavy (non-hydrogen) atoms. The van der Waals surface area contributed by atoms with Gasteiger partial charge in [0.2, 0.25) is 0 Å². The van der Waals surface area contributed by atoms with Gasteiger partial charge in [-0.15, -0.1) is 0 Å². The predicted octanol–water partition coefficient (Wildman–Crippen LogP) is 3.15. The van der Waals surface area contributed by atoms with Crippen LogP contribution in [0.1, 0.15) is 22.4 Å². The van der Waals surface area contributed by atoms with E-state index in [0.717, 1.165) is 18.2 Å². The highest BCUT2D eigenvalue weighted by molar-refractivity contribution is 7.71. The van der Waals surface area contributed by atoms with Crippen LogP contribution in [0.2, 0.25) is 0 Å². The van der Waals surface area contributed by atoms with E-state index >= 15 is 0 Å². The van der Waals surface area contributed by atoms with Crippen molar-refractivity contribution in [3.05, 3.63) is 61.5 Å². The molecule has 0 saturated heterocycles. The highest BCUT2D eigenvalue weighted by Gasteiger charge is 2.35. The monoisotopic (exact) mass is 359 g/mol. The Morgan fingerprint density at radius 3 is 2.71 bits per heavy atom. The van der Waals surface area contributed by atoms with Crippen molar-refractivity contribution in [2.75, 3.05) is 6.54 Å². The van der Waals surface area contributed by atoms with Crippen molar-refractivity contribution in [1.29, 1.82) is 0 Å². The maximum atomic E-state index is 14.0. The first kappa shape index (κ1) is 16.8. The molecule has 0 unspecified atom stereocenters. The third-order valence-electron chi connectivity index (χ3n) is 4.00. The van der Waals surface area contributed by atoms with Gasteiger partial charge >= 0.3 is 6.18 Å². The molecule has 0 bridgehead atoms. The average molecular weight is 359 g/mol. The molecule has 0 saturated carbocycles. The van der Waals surface area contributed by atoms with E-state index in [-0.39, 0.29) is 23.4 Å². The van der Waals surface area contributed by atoms with Crippen molar-refractivity contribution in [1.82, 2.24) is 14.9 Å². The minimum absolute atomic E-state index is 0.155. The summed E-state index contributed by atoms with van der Waals surface area (Å²) in [5.74, 6) is -0.894. The highest BCUT2D eigenvalue weighted by atomic mass is 32.1. The van der Waals surface area contributed by atoms with E-state index in [0.29, 0.717) is 24.2 Å². The van der Waals surface area contributed by atoms with Crippen LogP contribution >= 0.6 is 12.2 Å². The van der Waals surface area contributed by atoms with E-state index < -0.39 is 23.1 Å². The second-order valence-corrected chi connectivity index (χ2v) is 6.00.